The molecule has 20 heavy (non-hydrogen) atoms. The summed E-state index contributed by atoms with van der Waals surface area (Å²) < 4.78 is 6.88. The maximum Gasteiger partial charge on any atom is 0.332 e. The van der Waals surface area contributed by atoms with Crippen LogP contribution in [0.25, 0.3) is 11.0 Å². The van der Waals surface area contributed by atoms with Crippen LogP contribution in [0.5, 0.6) is 0 Å². The Balaban J connectivity index is 2.95. The summed E-state index contributed by atoms with van der Waals surface area (Å²) in [7, 11) is 2.69. The molecule has 0 saturated carbocycles. The molecule has 2 rings (SSSR count). The fourth-order valence-corrected chi connectivity index (χ4v) is 1.92. The van der Waals surface area contributed by atoms with Crippen LogP contribution in [-0.4, -0.2) is 26.1 Å². The standard InChI is InChI=1S/C11H12N4O5/c1-5(16)15(6(2)17)10-7-8(12-20-10)13(3)11(19)14(4)9(7)18/h1-4H3. The molecule has 2 amide bonds. The number of carbonyl (C=O) groups is 2. The summed E-state index contributed by atoms with van der Waals surface area (Å²) in [5, 5.41) is 3.50. The van der Waals surface area contributed by atoms with E-state index in [-0.39, 0.29) is 16.9 Å². The molecule has 0 aliphatic rings. The molecule has 9 nitrogen and oxygen atoms in total. The summed E-state index contributed by atoms with van der Waals surface area (Å²) in [6, 6.07) is 0. The maximum absolute atomic E-state index is 12.1. The van der Waals surface area contributed by atoms with Gasteiger partial charge in [0.1, 0.15) is 0 Å². The quantitative estimate of drug-likeness (QED) is 0.671. The minimum Gasteiger partial charge on any atom is -0.335 e. The van der Waals surface area contributed by atoms with E-state index in [1.54, 1.807) is 0 Å². The first-order chi connectivity index (χ1) is 9.27. The fourth-order valence-electron chi connectivity index (χ4n) is 1.92. The van der Waals surface area contributed by atoms with Crippen LogP contribution in [0.1, 0.15) is 13.8 Å². The molecule has 0 spiro atoms. The number of aryl methyl sites for hydroxylation is 1. The van der Waals surface area contributed by atoms with E-state index in [0.717, 1.165) is 23.0 Å². The highest BCUT2D eigenvalue weighted by Crippen LogP contribution is 2.23. The lowest BCUT2D eigenvalue weighted by atomic mass is 10.3. The highest BCUT2D eigenvalue weighted by atomic mass is 16.5. The van der Waals surface area contributed by atoms with Crippen molar-refractivity contribution in [3.63, 3.8) is 0 Å². The number of carbonyl (C=O) groups excluding carboxylic acids is 2. The van der Waals surface area contributed by atoms with Crippen molar-refractivity contribution in [1.29, 1.82) is 0 Å². The number of hydrogen-bond acceptors (Lipinski definition) is 6. The van der Waals surface area contributed by atoms with Crippen molar-refractivity contribution in [2.75, 3.05) is 4.90 Å². The largest absolute Gasteiger partial charge is 0.335 e. The molecular weight excluding hydrogens is 268 g/mol. The number of amides is 2. The predicted octanol–water partition coefficient (Wildman–Crippen LogP) is -0.875. The molecular formula is C11H12N4O5. The molecule has 0 aliphatic carbocycles. The van der Waals surface area contributed by atoms with Gasteiger partial charge in [0.15, 0.2) is 11.0 Å². The summed E-state index contributed by atoms with van der Waals surface area (Å²) in [5.74, 6) is -1.52. The van der Waals surface area contributed by atoms with Crippen LogP contribution >= 0.6 is 0 Å². The monoisotopic (exact) mass is 280 g/mol. The van der Waals surface area contributed by atoms with Gasteiger partial charge >= 0.3 is 5.69 Å². The Morgan fingerprint density at radius 1 is 1.10 bits per heavy atom. The summed E-state index contributed by atoms with van der Waals surface area (Å²) in [4.78, 5) is 47.6. The fraction of sp³-hybridized carbons (Fsp3) is 0.364. The lowest BCUT2D eigenvalue weighted by Gasteiger charge is -2.12. The summed E-state index contributed by atoms with van der Waals surface area (Å²) in [5.41, 5.74) is -1.30. The zero-order valence-corrected chi connectivity index (χ0v) is 11.3. The first-order valence-electron chi connectivity index (χ1n) is 5.64. The van der Waals surface area contributed by atoms with Crippen LogP contribution in [0.4, 0.5) is 5.88 Å². The second-order valence-corrected chi connectivity index (χ2v) is 4.27. The third kappa shape index (κ3) is 1.75. The Hall–Kier alpha value is -2.71. The van der Waals surface area contributed by atoms with Crippen LogP contribution in [0.2, 0.25) is 0 Å². The third-order valence-electron chi connectivity index (χ3n) is 2.90. The normalized spacial score (nSPS) is 10.8. The molecule has 0 unspecified atom stereocenters. The molecule has 2 aromatic heterocycles. The highest BCUT2D eigenvalue weighted by molar-refractivity contribution is 6.15. The van der Waals surface area contributed by atoms with Crippen molar-refractivity contribution < 1.29 is 14.1 Å². The molecule has 0 bridgehead atoms. The first kappa shape index (κ1) is 13.7. The number of hydrogen-bond donors (Lipinski definition) is 0. The molecule has 9 heteroatoms. The number of imide groups is 1. The Labute approximate surface area is 112 Å². The van der Waals surface area contributed by atoms with E-state index in [4.69, 9.17) is 4.52 Å². The van der Waals surface area contributed by atoms with Gasteiger partial charge in [-0.3, -0.25) is 23.5 Å². The number of anilines is 1. The average molecular weight is 280 g/mol. The van der Waals surface area contributed by atoms with Crippen molar-refractivity contribution in [3.05, 3.63) is 20.8 Å². The van der Waals surface area contributed by atoms with Crippen LogP contribution in [0.15, 0.2) is 14.1 Å². The summed E-state index contributed by atoms with van der Waals surface area (Å²) >= 11 is 0. The van der Waals surface area contributed by atoms with Crippen LogP contribution in [-0.2, 0) is 23.7 Å². The van der Waals surface area contributed by atoms with Gasteiger partial charge in [0.25, 0.3) is 11.4 Å². The summed E-state index contributed by atoms with van der Waals surface area (Å²) in [6.07, 6.45) is 0. The van der Waals surface area contributed by atoms with E-state index in [2.05, 4.69) is 5.16 Å². The second kappa shape index (κ2) is 4.44. The predicted molar refractivity (Wildman–Crippen MR) is 68.3 cm³/mol. The van der Waals surface area contributed by atoms with Crippen molar-refractivity contribution in [2.45, 2.75) is 13.8 Å². The zero-order chi connectivity index (χ0) is 15.2. The van der Waals surface area contributed by atoms with Crippen molar-refractivity contribution in [3.8, 4) is 0 Å². The SMILES string of the molecule is CC(=O)N(C(C)=O)c1onc2c1c(=O)n(C)c(=O)n2C. The molecule has 2 heterocycles. The third-order valence-corrected chi connectivity index (χ3v) is 2.90. The van der Waals surface area contributed by atoms with Gasteiger partial charge in [0.2, 0.25) is 11.8 Å². The van der Waals surface area contributed by atoms with Gasteiger partial charge < -0.3 is 4.52 Å². The Morgan fingerprint density at radius 3 is 2.15 bits per heavy atom. The van der Waals surface area contributed by atoms with E-state index in [1.807, 2.05) is 0 Å². The summed E-state index contributed by atoms with van der Waals surface area (Å²) in [6.45, 7) is 2.31. The minimum absolute atomic E-state index is 0.0272. The van der Waals surface area contributed by atoms with Gasteiger partial charge in [-0.25, -0.2) is 9.69 Å². The number of aromatic nitrogens is 3. The molecule has 0 aliphatic heterocycles. The molecule has 2 aromatic rings. The van der Waals surface area contributed by atoms with Gasteiger partial charge in [0, 0.05) is 27.9 Å². The molecule has 0 radical (unpaired) electrons. The molecule has 0 saturated heterocycles. The highest BCUT2D eigenvalue weighted by Gasteiger charge is 2.27. The van der Waals surface area contributed by atoms with Crippen LogP contribution < -0.4 is 16.1 Å². The first-order valence-corrected chi connectivity index (χ1v) is 5.64. The van der Waals surface area contributed by atoms with Crippen molar-refractivity contribution in [2.24, 2.45) is 14.1 Å². The molecule has 106 valence electrons. The van der Waals surface area contributed by atoms with Crippen molar-refractivity contribution in [1.82, 2.24) is 14.3 Å². The van der Waals surface area contributed by atoms with Gasteiger partial charge in [-0.1, -0.05) is 5.16 Å². The van der Waals surface area contributed by atoms with Gasteiger partial charge in [0.05, 0.1) is 0 Å². The van der Waals surface area contributed by atoms with Gasteiger partial charge in [-0.15, -0.1) is 0 Å². The lowest BCUT2D eigenvalue weighted by Crippen LogP contribution is -2.38. The maximum atomic E-state index is 12.1. The minimum atomic E-state index is -0.688. The molecule has 0 N–H and O–H groups in total. The van der Waals surface area contributed by atoms with Crippen molar-refractivity contribution >= 4 is 28.7 Å². The van der Waals surface area contributed by atoms with E-state index in [0.29, 0.717) is 4.90 Å². The average Bonchev–Trinajstić information content (AvgIpc) is 2.77. The van der Waals surface area contributed by atoms with Gasteiger partial charge in [-0.05, 0) is 0 Å². The zero-order valence-electron chi connectivity index (χ0n) is 11.3. The number of rotatable bonds is 1. The Bertz CT molecular complexity index is 827. The molecule has 0 aromatic carbocycles. The number of fused-ring (bicyclic) bond motifs is 1. The lowest BCUT2D eigenvalue weighted by molar-refractivity contribution is -0.124. The topological polar surface area (TPSA) is 107 Å². The molecule has 0 atom stereocenters. The Kier molecular flexibility index (Phi) is 3.04. The van der Waals surface area contributed by atoms with Crippen LogP contribution in [0, 0.1) is 0 Å². The van der Waals surface area contributed by atoms with Crippen LogP contribution in [0.3, 0.4) is 0 Å². The van der Waals surface area contributed by atoms with E-state index < -0.39 is 23.1 Å². The smallest absolute Gasteiger partial charge is 0.332 e. The van der Waals surface area contributed by atoms with E-state index in [9.17, 15) is 19.2 Å². The van der Waals surface area contributed by atoms with E-state index >= 15 is 0 Å². The van der Waals surface area contributed by atoms with Gasteiger partial charge in [-0.2, -0.15) is 0 Å². The Morgan fingerprint density at radius 2 is 1.65 bits per heavy atom. The van der Waals surface area contributed by atoms with E-state index in [1.165, 1.54) is 14.1 Å². The molecule has 0 fully saturated rings. The second-order valence-electron chi connectivity index (χ2n) is 4.27. The number of nitrogens with zero attached hydrogens (tertiary/aromatic N) is 4.